The van der Waals surface area contributed by atoms with Crippen molar-refractivity contribution in [2.75, 3.05) is 33.8 Å². The van der Waals surface area contributed by atoms with Crippen LogP contribution >= 0.6 is 24.0 Å². The van der Waals surface area contributed by atoms with Crippen LogP contribution in [-0.4, -0.2) is 44.7 Å². The van der Waals surface area contributed by atoms with Crippen molar-refractivity contribution in [1.29, 1.82) is 0 Å². The lowest BCUT2D eigenvalue weighted by Crippen LogP contribution is -2.41. The molecular formula is C18H26IN3O2. The Morgan fingerprint density at radius 1 is 1.25 bits per heavy atom. The highest BCUT2D eigenvalue weighted by Gasteiger charge is 2.06. The average Bonchev–Trinajstić information content (AvgIpc) is 3.06. The van der Waals surface area contributed by atoms with Crippen molar-refractivity contribution in [2.45, 2.75) is 13.3 Å². The largest absolute Gasteiger partial charge is 0.492 e. The quantitative estimate of drug-likeness (QED) is 0.405. The minimum atomic E-state index is 0. The van der Waals surface area contributed by atoms with Gasteiger partial charge in [-0.3, -0.25) is 4.99 Å². The van der Waals surface area contributed by atoms with Gasteiger partial charge in [-0.25, -0.2) is 0 Å². The zero-order valence-corrected chi connectivity index (χ0v) is 16.8. The van der Waals surface area contributed by atoms with E-state index < -0.39 is 0 Å². The van der Waals surface area contributed by atoms with E-state index in [-0.39, 0.29) is 24.0 Å². The predicted molar refractivity (Wildman–Crippen MR) is 108 cm³/mol. The highest BCUT2D eigenvalue weighted by molar-refractivity contribution is 14.0. The number of nitrogens with zero attached hydrogens (tertiary/aromatic N) is 2. The number of benzene rings is 1. The van der Waals surface area contributed by atoms with E-state index in [0.29, 0.717) is 6.61 Å². The van der Waals surface area contributed by atoms with Crippen molar-refractivity contribution in [3.05, 3.63) is 54.0 Å². The first kappa shape index (κ1) is 20.3. The molecule has 2 rings (SSSR count). The van der Waals surface area contributed by atoms with E-state index >= 15 is 0 Å². The zero-order valence-electron chi connectivity index (χ0n) is 14.5. The van der Waals surface area contributed by atoms with E-state index in [1.54, 1.807) is 13.3 Å². The number of halogens is 1. The molecule has 1 heterocycles. The van der Waals surface area contributed by atoms with Crippen LogP contribution in [0.3, 0.4) is 0 Å². The number of furan rings is 1. The van der Waals surface area contributed by atoms with E-state index in [1.807, 2.05) is 43.4 Å². The minimum absolute atomic E-state index is 0. The maximum absolute atomic E-state index is 5.75. The molecule has 5 nitrogen and oxygen atoms in total. The Bertz CT molecular complexity index is 597. The number of ether oxygens (including phenoxy) is 1. The summed E-state index contributed by atoms with van der Waals surface area (Å²) in [5.41, 5.74) is 1.23. The van der Waals surface area contributed by atoms with Gasteiger partial charge in [-0.15, -0.1) is 24.0 Å². The number of aryl methyl sites for hydroxylation is 1. The van der Waals surface area contributed by atoms with Gasteiger partial charge >= 0.3 is 0 Å². The molecule has 0 spiro atoms. The molecule has 0 radical (unpaired) electrons. The van der Waals surface area contributed by atoms with Crippen LogP contribution in [0.25, 0.3) is 0 Å². The Labute approximate surface area is 161 Å². The lowest BCUT2D eigenvalue weighted by molar-refractivity contribution is 0.281. The van der Waals surface area contributed by atoms with Gasteiger partial charge in [0.05, 0.1) is 12.8 Å². The monoisotopic (exact) mass is 443 g/mol. The van der Waals surface area contributed by atoms with Crippen LogP contribution in [0.1, 0.15) is 11.3 Å². The van der Waals surface area contributed by atoms with Gasteiger partial charge < -0.3 is 19.4 Å². The fourth-order valence-corrected chi connectivity index (χ4v) is 2.18. The number of hydrogen-bond donors (Lipinski definition) is 1. The van der Waals surface area contributed by atoms with Gasteiger partial charge in [-0.05, 0) is 31.2 Å². The van der Waals surface area contributed by atoms with Crippen LogP contribution < -0.4 is 10.1 Å². The SMILES string of the molecule is CN=C(NCCc1ccco1)N(C)CCOc1ccc(C)cc1.I. The first-order valence-corrected chi connectivity index (χ1v) is 7.82. The second kappa shape index (κ2) is 11.0. The maximum Gasteiger partial charge on any atom is 0.193 e. The Morgan fingerprint density at radius 3 is 2.62 bits per heavy atom. The van der Waals surface area contributed by atoms with Crippen molar-refractivity contribution in [1.82, 2.24) is 10.2 Å². The highest BCUT2D eigenvalue weighted by atomic mass is 127. The fraction of sp³-hybridized carbons (Fsp3) is 0.389. The van der Waals surface area contributed by atoms with E-state index in [0.717, 1.165) is 37.0 Å². The fourth-order valence-electron chi connectivity index (χ4n) is 2.18. The number of rotatable bonds is 7. The Morgan fingerprint density at radius 2 is 2.00 bits per heavy atom. The topological polar surface area (TPSA) is 50.0 Å². The molecule has 0 aliphatic carbocycles. The summed E-state index contributed by atoms with van der Waals surface area (Å²) in [5, 5.41) is 3.32. The lowest BCUT2D eigenvalue weighted by Gasteiger charge is -2.22. The average molecular weight is 443 g/mol. The number of guanidine groups is 1. The van der Waals surface area contributed by atoms with Gasteiger partial charge in [0.2, 0.25) is 0 Å². The Hall–Kier alpha value is -1.70. The normalized spacial score (nSPS) is 10.9. The van der Waals surface area contributed by atoms with Crippen LogP contribution in [0, 0.1) is 6.92 Å². The molecule has 0 saturated carbocycles. The summed E-state index contributed by atoms with van der Waals surface area (Å²) < 4.78 is 11.1. The molecule has 1 N–H and O–H groups in total. The van der Waals surface area contributed by atoms with Crippen LogP contribution in [0.4, 0.5) is 0 Å². The molecule has 0 aliphatic rings. The third-order valence-corrected chi connectivity index (χ3v) is 3.52. The van der Waals surface area contributed by atoms with Gasteiger partial charge in [0, 0.05) is 27.1 Å². The first-order chi connectivity index (χ1) is 11.2. The zero-order chi connectivity index (χ0) is 16.5. The van der Waals surface area contributed by atoms with Crippen molar-refractivity contribution in [2.24, 2.45) is 4.99 Å². The van der Waals surface area contributed by atoms with Crippen molar-refractivity contribution in [3.63, 3.8) is 0 Å². The molecule has 6 heteroatoms. The van der Waals surface area contributed by atoms with Crippen LogP contribution in [0.15, 0.2) is 52.1 Å². The molecule has 0 saturated heterocycles. The standard InChI is InChI=1S/C18H25N3O2.HI/c1-15-6-8-17(9-7-15)23-14-12-21(3)18(19-2)20-11-10-16-5-4-13-22-16;/h4-9,13H,10-12,14H2,1-3H3,(H,19,20);1H. The molecule has 0 fully saturated rings. The molecular weight excluding hydrogens is 417 g/mol. The molecule has 1 aromatic heterocycles. The third kappa shape index (κ3) is 6.82. The summed E-state index contributed by atoms with van der Waals surface area (Å²) in [5.74, 6) is 2.71. The van der Waals surface area contributed by atoms with Gasteiger partial charge in [-0.2, -0.15) is 0 Å². The number of likely N-dealkylation sites (N-methyl/N-ethyl adjacent to an activating group) is 1. The number of nitrogens with one attached hydrogen (secondary N) is 1. The smallest absolute Gasteiger partial charge is 0.193 e. The Balaban J connectivity index is 0.00000288. The highest BCUT2D eigenvalue weighted by Crippen LogP contribution is 2.11. The second-order valence-corrected chi connectivity index (χ2v) is 5.39. The summed E-state index contributed by atoms with van der Waals surface area (Å²) in [7, 11) is 3.79. The molecule has 132 valence electrons. The van der Waals surface area contributed by atoms with Crippen molar-refractivity contribution >= 4 is 29.9 Å². The van der Waals surface area contributed by atoms with Crippen LogP contribution in [-0.2, 0) is 6.42 Å². The summed E-state index contributed by atoms with van der Waals surface area (Å²) in [6.45, 7) is 4.21. The molecule has 0 bridgehead atoms. The van der Waals surface area contributed by atoms with Crippen molar-refractivity contribution in [3.8, 4) is 5.75 Å². The molecule has 0 atom stereocenters. The third-order valence-electron chi connectivity index (χ3n) is 3.52. The van der Waals surface area contributed by atoms with Gasteiger partial charge in [-0.1, -0.05) is 17.7 Å². The summed E-state index contributed by atoms with van der Waals surface area (Å²) in [6, 6.07) is 12.0. The molecule has 0 aliphatic heterocycles. The van der Waals surface area contributed by atoms with Crippen molar-refractivity contribution < 1.29 is 9.15 Å². The van der Waals surface area contributed by atoms with Gasteiger partial charge in [0.1, 0.15) is 18.1 Å². The van der Waals surface area contributed by atoms with E-state index in [1.165, 1.54) is 5.56 Å². The molecule has 0 unspecified atom stereocenters. The molecule has 2 aromatic rings. The molecule has 1 aromatic carbocycles. The summed E-state index contributed by atoms with van der Waals surface area (Å²) in [6.07, 6.45) is 2.53. The van der Waals surface area contributed by atoms with Crippen LogP contribution in [0.2, 0.25) is 0 Å². The van der Waals surface area contributed by atoms with Gasteiger partial charge in [0.25, 0.3) is 0 Å². The predicted octanol–water partition coefficient (Wildman–Crippen LogP) is 3.33. The number of aliphatic imine (C=N–C) groups is 1. The molecule has 0 amide bonds. The van der Waals surface area contributed by atoms with Crippen LogP contribution in [0.5, 0.6) is 5.75 Å². The first-order valence-electron chi connectivity index (χ1n) is 7.82. The van der Waals surface area contributed by atoms with E-state index in [4.69, 9.17) is 9.15 Å². The Kier molecular flexibility index (Phi) is 9.29. The lowest BCUT2D eigenvalue weighted by atomic mass is 10.2. The van der Waals surface area contributed by atoms with E-state index in [2.05, 4.69) is 22.1 Å². The minimum Gasteiger partial charge on any atom is -0.492 e. The number of hydrogen-bond acceptors (Lipinski definition) is 3. The second-order valence-electron chi connectivity index (χ2n) is 5.39. The summed E-state index contributed by atoms with van der Waals surface area (Å²) in [4.78, 5) is 6.34. The van der Waals surface area contributed by atoms with E-state index in [9.17, 15) is 0 Å². The molecule has 24 heavy (non-hydrogen) atoms. The summed E-state index contributed by atoms with van der Waals surface area (Å²) >= 11 is 0. The maximum atomic E-state index is 5.75. The van der Waals surface area contributed by atoms with Gasteiger partial charge in [0.15, 0.2) is 5.96 Å².